The highest BCUT2D eigenvalue weighted by atomic mass is 35.5. The van der Waals surface area contributed by atoms with Crippen molar-refractivity contribution < 1.29 is 4.74 Å². The number of halogens is 2. The summed E-state index contributed by atoms with van der Waals surface area (Å²) in [6.45, 7) is 3.17. The Morgan fingerprint density at radius 2 is 2.00 bits per heavy atom. The molecule has 3 nitrogen and oxygen atoms in total. The maximum Gasteiger partial charge on any atom is 0.118 e. The fourth-order valence-corrected chi connectivity index (χ4v) is 2.31. The van der Waals surface area contributed by atoms with Crippen LogP contribution in [0.15, 0.2) is 30.3 Å². The summed E-state index contributed by atoms with van der Waals surface area (Å²) in [7, 11) is 1.68. The first-order chi connectivity index (χ1) is 8.78. The lowest BCUT2D eigenvalue weighted by Crippen LogP contribution is -2.42. The van der Waals surface area contributed by atoms with Gasteiger partial charge in [-0.3, -0.25) is 4.90 Å². The van der Waals surface area contributed by atoms with Crippen molar-refractivity contribution in [3.05, 3.63) is 35.9 Å². The smallest absolute Gasteiger partial charge is 0.118 e. The van der Waals surface area contributed by atoms with Crippen LogP contribution in [0.3, 0.4) is 0 Å². The summed E-state index contributed by atoms with van der Waals surface area (Å²) in [5.41, 5.74) is 7.17. The van der Waals surface area contributed by atoms with E-state index in [0.29, 0.717) is 6.04 Å². The van der Waals surface area contributed by atoms with Crippen molar-refractivity contribution in [1.29, 1.82) is 0 Å². The molecule has 2 rings (SSSR count). The maximum absolute atomic E-state index is 5.96. The second-order valence-electron chi connectivity index (χ2n) is 4.84. The Kier molecular flexibility index (Phi) is 9.68. The minimum absolute atomic E-state index is 0. The van der Waals surface area contributed by atoms with E-state index in [2.05, 4.69) is 29.2 Å². The second kappa shape index (κ2) is 10.1. The van der Waals surface area contributed by atoms with Crippen LogP contribution in [-0.4, -0.2) is 37.7 Å². The van der Waals surface area contributed by atoms with Gasteiger partial charge in [0.15, 0.2) is 0 Å². The third-order valence-corrected chi connectivity index (χ3v) is 3.33. The number of hydrogen-bond donors (Lipinski definition) is 1. The van der Waals surface area contributed by atoms with E-state index >= 15 is 0 Å². The number of likely N-dealkylation sites (tertiary alicyclic amines) is 1. The fraction of sp³-hybridized carbons (Fsp3) is 0.467. The molecule has 20 heavy (non-hydrogen) atoms. The predicted octanol–water partition coefficient (Wildman–Crippen LogP) is 2.98. The van der Waals surface area contributed by atoms with Gasteiger partial charge in [0.05, 0.1) is 7.11 Å². The van der Waals surface area contributed by atoms with Crippen LogP contribution in [0.5, 0.6) is 5.75 Å². The van der Waals surface area contributed by atoms with Gasteiger partial charge in [-0.05, 0) is 37.1 Å². The molecule has 114 valence electrons. The molecule has 1 heterocycles. The summed E-state index contributed by atoms with van der Waals surface area (Å²) >= 11 is 0. The van der Waals surface area contributed by atoms with Gasteiger partial charge in [0.25, 0.3) is 0 Å². The van der Waals surface area contributed by atoms with Gasteiger partial charge in [-0.1, -0.05) is 24.3 Å². The lowest BCUT2D eigenvalue weighted by Gasteiger charge is -2.29. The zero-order valence-electron chi connectivity index (χ0n) is 11.8. The van der Waals surface area contributed by atoms with E-state index in [0.717, 1.165) is 18.8 Å². The zero-order valence-corrected chi connectivity index (χ0v) is 13.5. The topological polar surface area (TPSA) is 38.5 Å². The molecule has 1 saturated heterocycles. The minimum Gasteiger partial charge on any atom is -0.497 e. The first-order valence-electron chi connectivity index (χ1n) is 6.56. The molecular formula is C15H24Cl2N2O. The van der Waals surface area contributed by atoms with Crippen LogP contribution in [-0.2, 0) is 0 Å². The van der Waals surface area contributed by atoms with Gasteiger partial charge in [0.2, 0.25) is 0 Å². The van der Waals surface area contributed by atoms with Crippen LogP contribution in [0.2, 0.25) is 0 Å². The number of methoxy groups -OCH3 is 1. The van der Waals surface area contributed by atoms with Crippen LogP contribution in [0.25, 0.3) is 6.08 Å². The molecule has 0 aliphatic carbocycles. The van der Waals surface area contributed by atoms with Crippen molar-refractivity contribution in [2.45, 2.75) is 18.9 Å². The molecule has 0 radical (unpaired) electrons. The van der Waals surface area contributed by atoms with Crippen LogP contribution in [0, 0.1) is 0 Å². The normalized spacial score (nSPS) is 19.2. The SMILES string of the molecule is COc1ccc(/C=C/CN2CCCC(N)C2)cc1.Cl.Cl. The Morgan fingerprint density at radius 3 is 2.60 bits per heavy atom. The Balaban J connectivity index is 0.00000180. The minimum atomic E-state index is 0. The van der Waals surface area contributed by atoms with E-state index in [1.165, 1.54) is 24.9 Å². The summed E-state index contributed by atoms with van der Waals surface area (Å²) in [6.07, 6.45) is 6.75. The third kappa shape index (κ3) is 6.14. The average molecular weight is 319 g/mol. The Labute approximate surface area is 134 Å². The molecule has 0 spiro atoms. The number of hydrogen-bond acceptors (Lipinski definition) is 3. The molecule has 2 N–H and O–H groups in total. The van der Waals surface area contributed by atoms with Crippen molar-refractivity contribution in [1.82, 2.24) is 4.90 Å². The molecule has 1 fully saturated rings. The molecule has 0 saturated carbocycles. The number of nitrogens with two attached hydrogens (primary N) is 1. The molecule has 5 heteroatoms. The van der Waals surface area contributed by atoms with Gasteiger partial charge >= 0.3 is 0 Å². The van der Waals surface area contributed by atoms with E-state index in [1.54, 1.807) is 7.11 Å². The molecule has 0 amide bonds. The number of nitrogens with zero attached hydrogens (tertiary/aromatic N) is 1. The van der Waals surface area contributed by atoms with E-state index in [4.69, 9.17) is 10.5 Å². The van der Waals surface area contributed by atoms with E-state index in [-0.39, 0.29) is 24.8 Å². The van der Waals surface area contributed by atoms with Crippen LogP contribution >= 0.6 is 24.8 Å². The molecule has 1 atom stereocenters. The predicted molar refractivity (Wildman–Crippen MR) is 90.2 cm³/mol. The van der Waals surface area contributed by atoms with Crippen LogP contribution < -0.4 is 10.5 Å². The molecule has 1 aliphatic rings. The highest BCUT2D eigenvalue weighted by Crippen LogP contribution is 2.13. The number of benzene rings is 1. The maximum atomic E-state index is 5.96. The summed E-state index contributed by atoms with van der Waals surface area (Å²) < 4.78 is 5.13. The van der Waals surface area contributed by atoms with Gasteiger partial charge in [-0.25, -0.2) is 0 Å². The Bertz CT molecular complexity index is 395. The van der Waals surface area contributed by atoms with Gasteiger partial charge in [-0.2, -0.15) is 0 Å². The summed E-state index contributed by atoms with van der Waals surface area (Å²) in [5.74, 6) is 0.897. The molecule has 1 unspecified atom stereocenters. The summed E-state index contributed by atoms with van der Waals surface area (Å²) in [4.78, 5) is 2.41. The van der Waals surface area contributed by atoms with Crippen molar-refractivity contribution in [3.63, 3.8) is 0 Å². The number of piperidine rings is 1. The zero-order chi connectivity index (χ0) is 12.8. The largest absolute Gasteiger partial charge is 0.497 e. The monoisotopic (exact) mass is 318 g/mol. The highest BCUT2D eigenvalue weighted by Gasteiger charge is 2.14. The number of rotatable bonds is 4. The van der Waals surface area contributed by atoms with Crippen LogP contribution in [0.4, 0.5) is 0 Å². The standard InChI is InChI=1S/C15H22N2O.2ClH/c1-18-15-8-6-13(7-9-15)4-2-10-17-11-3-5-14(16)12-17;;/h2,4,6-9,14H,3,5,10-12,16H2,1H3;2*1H/b4-2+;;. The van der Waals surface area contributed by atoms with Gasteiger partial charge in [0.1, 0.15) is 5.75 Å². The second-order valence-corrected chi connectivity index (χ2v) is 4.84. The quantitative estimate of drug-likeness (QED) is 0.927. The van der Waals surface area contributed by atoms with Gasteiger partial charge in [-0.15, -0.1) is 24.8 Å². The van der Waals surface area contributed by atoms with Crippen molar-refractivity contribution in [2.24, 2.45) is 5.73 Å². The number of ether oxygens (including phenoxy) is 1. The molecule has 0 aromatic heterocycles. The fourth-order valence-electron chi connectivity index (χ4n) is 2.31. The third-order valence-electron chi connectivity index (χ3n) is 3.33. The Hall–Kier alpha value is -0.740. The average Bonchev–Trinajstić information content (AvgIpc) is 2.40. The van der Waals surface area contributed by atoms with Crippen LogP contribution in [0.1, 0.15) is 18.4 Å². The first-order valence-corrected chi connectivity index (χ1v) is 6.56. The van der Waals surface area contributed by atoms with E-state index in [9.17, 15) is 0 Å². The van der Waals surface area contributed by atoms with Gasteiger partial charge in [0, 0.05) is 19.1 Å². The van der Waals surface area contributed by atoms with E-state index < -0.39 is 0 Å². The lowest BCUT2D eigenvalue weighted by atomic mass is 10.1. The molecular weight excluding hydrogens is 295 g/mol. The van der Waals surface area contributed by atoms with E-state index in [1.807, 2.05) is 12.1 Å². The van der Waals surface area contributed by atoms with Crippen molar-refractivity contribution >= 4 is 30.9 Å². The summed E-state index contributed by atoms with van der Waals surface area (Å²) in [5, 5.41) is 0. The molecule has 1 aromatic carbocycles. The highest BCUT2D eigenvalue weighted by molar-refractivity contribution is 5.85. The van der Waals surface area contributed by atoms with Crippen molar-refractivity contribution in [3.8, 4) is 5.75 Å². The van der Waals surface area contributed by atoms with Crippen molar-refractivity contribution in [2.75, 3.05) is 26.7 Å². The molecule has 1 aliphatic heterocycles. The Morgan fingerprint density at radius 1 is 1.30 bits per heavy atom. The van der Waals surface area contributed by atoms with Gasteiger partial charge < -0.3 is 10.5 Å². The lowest BCUT2D eigenvalue weighted by molar-refractivity contribution is 0.229. The molecule has 1 aromatic rings. The summed E-state index contributed by atoms with van der Waals surface area (Å²) in [6, 6.07) is 8.45. The molecule has 0 bridgehead atoms. The first kappa shape index (κ1) is 19.3.